The molecule has 0 spiro atoms. The number of aromatic nitrogens is 3. The van der Waals surface area contributed by atoms with Crippen LogP contribution >= 0.6 is 0 Å². The van der Waals surface area contributed by atoms with Gasteiger partial charge in [0.15, 0.2) is 6.29 Å². The minimum absolute atomic E-state index is 0.0396. The van der Waals surface area contributed by atoms with Crippen LogP contribution in [-0.2, 0) is 10.2 Å². The number of anilines is 2. The predicted octanol–water partition coefficient (Wildman–Crippen LogP) is 3.92. The molecule has 0 aliphatic carbocycles. The average Bonchev–Trinajstić information content (AvgIpc) is 2.87. The van der Waals surface area contributed by atoms with Crippen molar-refractivity contribution in [2.45, 2.75) is 33.1 Å². The van der Waals surface area contributed by atoms with Crippen LogP contribution in [0.15, 0.2) is 42.7 Å². The molecule has 0 fully saturated rings. The number of nitrogens with zero attached hydrogens (tertiary/aromatic N) is 4. The fourth-order valence-electron chi connectivity index (χ4n) is 3.59. The van der Waals surface area contributed by atoms with E-state index in [2.05, 4.69) is 15.0 Å². The SMILES string of the molecule is Cc1cc(N2C(=O)C(C)(C)c3ccc(-c4cnc(C)nc4)cc32)cc(C=O)n1. The summed E-state index contributed by atoms with van der Waals surface area (Å²) in [6.45, 7) is 7.48. The Hall–Kier alpha value is -3.41. The van der Waals surface area contributed by atoms with E-state index in [9.17, 15) is 9.59 Å². The van der Waals surface area contributed by atoms with Crippen molar-refractivity contribution in [1.29, 1.82) is 0 Å². The molecule has 4 rings (SSSR count). The Morgan fingerprint density at radius 2 is 1.71 bits per heavy atom. The normalized spacial score (nSPS) is 14.9. The topological polar surface area (TPSA) is 76.1 Å². The third-order valence-corrected chi connectivity index (χ3v) is 5.10. The average molecular weight is 372 g/mol. The van der Waals surface area contributed by atoms with Gasteiger partial charge >= 0.3 is 0 Å². The molecule has 2 aromatic heterocycles. The molecular weight excluding hydrogens is 352 g/mol. The Balaban J connectivity index is 1.90. The molecule has 0 unspecified atom stereocenters. The summed E-state index contributed by atoms with van der Waals surface area (Å²) in [4.78, 5) is 38.9. The van der Waals surface area contributed by atoms with Crippen molar-refractivity contribution in [3.05, 3.63) is 65.5 Å². The number of benzene rings is 1. The molecule has 1 aliphatic rings. The van der Waals surface area contributed by atoms with Crippen molar-refractivity contribution < 1.29 is 9.59 Å². The Bertz CT molecular complexity index is 1100. The van der Waals surface area contributed by atoms with Crippen molar-refractivity contribution in [1.82, 2.24) is 15.0 Å². The van der Waals surface area contributed by atoms with Crippen LogP contribution in [0.5, 0.6) is 0 Å². The van der Waals surface area contributed by atoms with E-state index in [4.69, 9.17) is 0 Å². The lowest BCUT2D eigenvalue weighted by molar-refractivity contribution is -0.121. The minimum atomic E-state index is -0.670. The van der Waals surface area contributed by atoms with Gasteiger partial charge in [0, 0.05) is 23.7 Å². The molecular formula is C22H20N4O2. The van der Waals surface area contributed by atoms with Crippen LogP contribution in [0.3, 0.4) is 0 Å². The Labute approximate surface area is 163 Å². The van der Waals surface area contributed by atoms with Gasteiger partial charge in [0.25, 0.3) is 0 Å². The number of hydrogen-bond acceptors (Lipinski definition) is 5. The zero-order valence-corrected chi connectivity index (χ0v) is 16.2. The molecule has 1 aromatic carbocycles. The number of hydrogen-bond donors (Lipinski definition) is 0. The Kier molecular flexibility index (Phi) is 4.07. The first kappa shape index (κ1) is 18.0. The molecule has 1 amide bonds. The van der Waals surface area contributed by atoms with Gasteiger partial charge in [-0.1, -0.05) is 12.1 Å². The van der Waals surface area contributed by atoms with E-state index in [1.807, 2.05) is 52.0 Å². The highest BCUT2D eigenvalue weighted by molar-refractivity contribution is 6.13. The van der Waals surface area contributed by atoms with Crippen molar-refractivity contribution in [3.63, 3.8) is 0 Å². The van der Waals surface area contributed by atoms with E-state index in [0.717, 1.165) is 22.4 Å². The van der Waals surface area contributed by atoms with Gasteiger partial charge in [0.1, 0.15) is 11.5 Å². The van der Waals surface area contributed by atoms with E-state index in [0.29, 0.717) is 29.2 Å². The van der Waals surface area contributed by atoms with Gasteiger partial charge in [0.05, 0.1) is 16.8 Å². The number of aldehydes is 1. The summed E-state index contributed by atoms with van der Waals surface area (Å²) in [5.74, 6) is 0.666. The van der Waals surface area contributed by atoms with Gasteiger partial charge in [-0.15, -0.1) is 0 Å². The van der Waals surface area contributed by atoms with Gasteiger partial charge in [0.2, 0.25) is 5.91 Å². The molecule has 6 heteroatoms. The molecule has 0 saturated carbocycles. The molecule has 6 nitrogen and oxygen atoms in total. The van der Waals surface area contributed by atoms with E-state index in [1.54, 1.807) is 23.4 Å². The van der Waals surface area contributed by atoms with Crippen LogP contribution in [-0.4, -0.2) is 27.1 Å². The van der Waals surface area contributed by atoms with Gasteiger partial charge in [-0.3, -0.25) is 19.5 Å². The van der Waals surface area contributed by atoms with E-state index in [-0.39, 0.29) is 5.91 Å². The largest absolute Gasteiger partial charge is 0.296 e. The minimum Gasteiger partial charge on any atom is -0.296 e. The first-order valence-electron chi connectivity index (χ1n) is 9.03. The maximum absolute atomic E-state index is 13.3. The number of amides is 1. The fourth-order valence-corrected chi connectivity index (χ4v) is 3.59. The standard InChI is InChI=1S/C22H20N4O2/c1-13-7-18(9-17(12-27)25-13)26-20-8-15(16-10-23-14(2)24-11-16)5-6-19(20)22(3,4)21(26)28/h5-12H,1-4H3. The van der Waals surface area contributed by atoms with Crippen molar-refractivity contribution >= 4 is 23.6 Å². The van der Waals surface area contributed by atoms with Gasteiger partial charge in [-0.25, -0.2) is 9.97 Å². The Morgan fingerprint density at radius 3 is 2.39 bits per heavy atom. The summed E-state index contributed by atoms with van der Waals surface area (Å²) in [5.41, 5.74) is 4.51. The van der Waals surface area contributed by atoms with Crippen LogP contribution < -0.4 is 4.90 Å². The van der Waals surface area contributed by atoms with Crippen molar-refractivity contribution in [2.75, 3.05) is 4.90 Å². The van der Waals surface area contributed by atoms with E-state index in [1.165, 1.54) is 0 Å². The molecule has 1 aliphatic heterocycles. The Morgan fingerprint density at radius 1 is 1.00 bits per heavy atom. The van der Waals surface area contributed by atoms with Gasteiger partial charge in [-0.2, -0.15) is 0 Å². The van der Waals surface area contributed by atoms with Crippen LogP contribution in [0.25, 0.3) is 11.1 Å². The molecule has 140 valence electrons. The first-order valence-corrected chi connectivity index (χ1v) is 9.03. The second kappa shape index (κ2) is 6.34. The fraction of sp³-hybridized carbons (Fsp3) is 0.227. The summed E-state index contributed by atoms with van der Waals surface area (Å²) in [5, 5.41) is 0. The highest BCUT2D eigenvalue weighted by atomic mass is 16.2. The maximum Gasteiger partial charge on any atom is 0.241 e. The maximum atomic E-state index is 13.3. The van der Waals surface area contributed by atoms with Crippen LogP contribution in [0.1, 0.15) is 41.4 Å². The molecule has 0 atom stereocenters. The highest BCUT2D eigenvalue weighted by Gasteiger charge is 2.44. The predicted molar refractivity (Wildman–Crippen MR) is 107 cm³/mol. The van der Waals surface area contributed by atoms with Crippen molar-refractivity contribution in [2.24, 2.45) is 0 Å². The smallest absolute Gasteiger partial charge is 0.241 e. The van der Waals surface area contributed by atoms with Crippen LogP contribution in [0.2, 0.25) is 0 Å². The molecule has 0 N–H and O–H groups in total. The highest BCUT2D eigenvalue weighted by Crippen LogP contribution is 2.46. The lowest BCUT2D eigenvalue weighted by Gasteiger charge is -2.21. The molecule has 3 aromatic rings. The molecule has 28 heavy (non-hydrogen) atoms. The number of carbonyl (C=O) groups excluding carboxylic acids is 2. The number of fused-ring (bicyclic) bond motifs is 1. The number of carbonyl (C=O) groups is 2. The number of rotatable bonds is 3. The van der Waals surface area contributed by atoms with Gasteiger partial charge < -0.3 is 0 Å². The molecule has 0 radical (unpaired) electrons. The quantitative estimate of drug-likeness (QED) is 0.651. The summed E-state index contributed by atoms with van der Waals surface area (Å²) in [6.07, 6.45) is 4.25. The first-order chi connectivity index (χ1) is 13.3. The lowest BCUT2D eigenvalue weighted by atomic mass is 9.85. The van der Waals surface area contributed by atoms with E-state index < -0.39 is 5.41 Å². The van der Waals surface area contributed by atoms with Crippen molar-refractivity contribution in [3.8, 4) is 11.1 Å². The lowest BCUT2D eigenvalue weighted by Crippen LogP contribution is -2.33. The third kappa shape index (κ3) is 2.78. The van der Waals surface area contributed by atoms with Crippen LogP contribution in [0.4, 0.5) is 11.4 Å². The summed E-state index contributed by atoms with van der Waals surface area (Å²) in [7, 11) is 0. The second-order valence-corrected chi connectivity index (χ2v) is 7.53. The summed E-state index contributed by atoms with van der Waals surface area (Å²) in [6, 6.07) is 9.41. The number of pyridine rings is 1. The second-order valence-electron chi connectivity index (χ2n) is 7.53. The van der Waals surface area contributed by atoms with Crippen LogP contribution in [0, 0.1) is 13.8 Å². The number of aryl methyl sites for hydroxylation is 2. The van der Waals surface area contributed by atoms with Gasteiger partial charge in [-0.05, 0) is 57.0 Å². The zero-order valence-electron chi connectivity index (χ0n) is 16.2. The molecule has 0 saturated heterocycles. The zero-order chi connectivity index (χ0) is 20.1. The summed E-state index contributed by atoms with van der Waals surface area (Å²) < 4.78 is 0. The third-order valence-electron chi connectivity index (χ3n) is 5.10. The van der Waals surface area contributed by atoms with E-state index >= 15 is 0 Å². The molecule has 0 bridgehead atoms. The summed E-state index contributed by atoms with van der Waals surface area (Å²) >= 11 is 0. The monoisotopic (exact) mass is 372 g/mol. The molecule has 3 heterocycles.